The molecule has 0 atom stereocenters. The van der Waals surface area contributed by atoms with E-state index in [-0.39, 0.29) is 6.61 Å². The fraction of sp³-hybridized carbons (Fsp3) is 0.211. The molecule has 0 N–H and O–H groups in total. The molecule has 1 saturated carbocycles. The van der Waals surface area contributed by atoms with Crippen LogP contribution in [0.5, 0.6) is 5.75 Å². The van der Waals surface area contributed by atoms with Crippen LogP contribution in [-0.4, -0.2) is 21.2 Å². The first-order valence-corrected chi connectivity index (χ1v) is 7.89. The minimum absolute atomic E-state index is 0.287. The molecular weight excluding hydrogens is 319 g/mol. The van der Waals surface area contributed by atoms with E-state index in [1.165, 1.54) is 31.3 Å². The predicted octanol–water partition coefficient (Wildman–Crippen LogP) is 3.20. The van der Waals surface area contributed by atoms with Crippen LogP contribution in [0.2, 0.25) is 0 Å². The number of halogens is 1. The molecule has 25 heavy (non-hydrogen) atoms. The molecule has 0 spiro atoms. The fourth-order valence-electron chi connectivity index (χ4n) is 2.55. The summed E-state index contributed by atoms with van der Waals surface area (Å²) in [6.07, 6.45) is 6.97. The van der Waals surface area contributed by atoms with Crippen molar-refractivity contribution < 1.29 is 9.13 Å². The van der Waals surface area contributed by atoms with E-state index in [1.807, 2.05) is 0 Å². The van der Waals surface area contributed by atoms with Gasteiger partial charge in [-0.05, 0) is 31.0 Å². The Balaban J connectivity index is 1.74. The van der Waals surface area contributed by atoms with Gasteiger partial charge in [0.1, 0.15) is 18.4 Å². The lowest BCUT2D eigenvalue weighted by Crippen LogP contribution is -1.99. The Morgan fingerprint density at radius 2 is 2.20 bits per heavy atom. The van der Waals surface area contributed by atoms with Gasteiger partial charge in [-0.1, -0.05) is 11.8 Å². The molecule has 0 amide bonds. The van der Waals surface area contributed by atoms with Crippen molar-refractivity contribution in [2.45, 2.75) is 12.8 Å². The van der Waals surface area contributed by atoms with E-state index < -0.39 is 5.95 Å². The third kappa shape index (κ3) is 3.15. The normalized spacial score (nSPS) is 13.1. The maximum Gasteiger partial charge on any atom is 0.212 e. The van der Waals surface area contributed by atoms with Crippen molar-refractivity contribution in [1.29, 1.82) is 5.26 Å². The summed E-state index contributed by atoms with van der Waals surface area (Å²) < 4.78 is 20.4. The monoisotopic (exact) mass is 332 g/mol. The van der Waals surface area contributed by atoms with Crippen molar-refractivity contribution in [1.82, 2.24) is 14.6 Å². The molecule has 0 unspecified atom stereocenters. The van der Waals surface area contributed by atoms with E-state index >= 15 is 0 Å². The van der Waals surface area contributed by atoms with Gasteiger partial charge >= 0.3 is 0 Å². The fourth-order valence-corrected chi connectivity index (χ4v) is 2.55. The zero-order valence-electron chi connectivity index (χ0n) is 13.2. The maximum absolute atomic E-state index is 13.1. The van der Waals surface area contributed by atoms with Gasteiger partial charge in [0.15, 0.2) is 0 Å². The van der Waals surface area contributed by atoms with Gasteiger partial charge < -0.3 is 4.74 Å². The standard InChI is InChI=1S/C19H13FN4O/c20-18-6-5-14(10-22-18)17-8-16(25-7-1-2-13-3-4-13)12-24-19(17)15(9-21)11-23-24/h5-6,8,10-13H,3-4,7H2. The Kier molecular flexibility index (Phi) is 3.80. The Hall–Kier alpha value is -3.38. The number of ether oxygens (including phenoxy) is 1. The molecule has 0 radical (unpaired) electrons. The van der Waals surface area contributed by atoms with Crippen LogP contribution in [0.3, 0.4) is 0 Å². The van der Waals surface area contributed by atoms with Gasteiger partial charge in [0.25, 0.3) is 0 Å². The predicted molar refractivity (Wildman–Crippen MR) is 89.1 cm³/mol. The zero-order valence-corrected chi connectivity index (χ0v) is 13.2. The van der Waals surface area contributed by atoms with Gasteiger partial charge in [0.2, 0.25) is 5.95 Å². The second-order valence-electron chi connectivity index (χ2n) is 5.81. The summed E-state index contributed by atoms with van der Waals surface area (Å²) in [6, 6.07) is 6.81. The number of nitrogens with zero attached hydrogens (tertiary/aromatic N) is 4. The molecule has 0 bridgehead atoms. The summed E-state index contributed by atoms with van der Waals surface area (Å²) in [7, 11) is 0. The van der Waals surface area contributed by atoms with Crippen molar-refractivity contribution >= 4 is 5.52 Å². The molecule has 4 rings (SSSR count). The molecular formula is C19H13FN4O. The second kappa shape index (κ2) is 6.26. The Bertz CT molecular complexity index is 1030. The molecule has 0 aliphatic heterocycles. The first-order chi connectivity index (χ1) is 12.2. The molecule has 3 heterocycles. The number of aromatic nitrogens is 3. The Labute approximate surface area is 143 Å². The second-order valence-corrected chi connectivity index (χ2v) is 5.81. The average Bonchev–Trinajstić information content (AvgIpc) is 3.36. The number of nitriles is 1. The van der Waals surface area contributed by atoms with Gasteiger partial charge in [-0.3, -0.25) is 0 Å². The third-order valence-corrected chi connectivity index (χ3v) is 3.94. The lowest BCUT2D eigenvalue weighted by molar-refractivity contribution is 0.367. The third-order valence-electron chi connectivity index (χ3n) is 3.94. The molecule has 0 aromatic carbocycles. The smallest absolute Gasteiger partial charge is 0.212 e. The van der Waals surface area contributed by atoms with Gasteiger partial charge in [-0.25, -0.2) is 9.50 Å². The highest BCUT2D eigenvalue weighted by molar-refractivity contribution is 5.84. The first-order valence-electron chi connectivity index (χ1n) is 7.89. The van der Waals surface area contributed by atoms with Crippen molar-refractivity contribution in [3.8, 4) is 34.8 Å². The molecule has 5 nitrogen and oxygen atoms in total. The maximum atomic E-state index is 13.1. The summed E-state index contributed by atoms with van der Waals surface area (Å²) in [5.41, 5.74) is 2.44. The van der Waals surface area contributed by atoms with Crippen molar-refractivity contribution in [2.75, 3.05) is 6.61 Å². The molecule has 1 fully saturated rings. The molecule has 1 aliphatic carbocycles. The Morgan fingerprint density at radius 3 is 2.92 bits per heavy atom. The number of rotatable bonds is 3. The van der Waals surface area contributed by atoms with E-state index in [0.717, 1.165) is 0 Å². The summed E-state index contributed by atoms with van der Waals surface area (Å²) in [5.74, 6) is 6.69. The van der Waals surface area contributed by atoms with E-state index in [1.54, 1.807) is 22.8 Å². The number of pyridine rings is 2. The van der Waals surface area contributed by atoms with Crippen molar-refractivity contribution in [3.05, 3.63) is 48.3 Å². The number of hydrogen-bond donors (Lipinski definition) is 0. The largest absolute Gasteiger partial charge is 0.479 e. The van der Waals surface area contributed by atoms with Crippen LogP contribution < -0.4 is 4.74 Å². The highest BCUT2D eigenvalue weighted by Crippen LogP contribution is 2.30. The van der Waals surface area contributed by atoms with E-state index in [4.69, 9.17) is 4.74 Å². The van der Waals surface area contributed by atoms with Crippen LogP contribution in [0.25, 0.3) is 16.6 Å². The molecule has 6 heteroatoms. The minimum Gasteiger partial charge on any atom is -0.479 e. The van der Waals surface area contributed by atoms with Gasteiger partial charge in [0.05, 0.1) is 23.5 Å². The number of fused-ring (bicyclic) bond motifs is 1. The summed E-state index contributed by atoms with van der Waals surface area (Å²) in [4.78, 5) is 3.69. The minimum atomic E-state index is -0.559. The van der Waals surface area contributed by atoms with E-state index in [9.17, 15) is 9.65 Å². The molecule has 1 aliphatic rings. The van der Waals surface area contributed by atoms with Gasteiger partial charge in [0, 0.05) is 23.2 Å². The topological polar surface area (TPSA) is 63.2 Å². The van der Waals surface area contributed by atoms with Crippen LogP contribution in [-0.2, 0) is 0 Å². The van der Waals surface area contributed by atoms with Crippen molar-refractivity contribution in [2.24, 2.45) is 5.92 Å². The van der Waals surface area contributed by atoms with E-state index in [2.05, 4.69) is 28.0 Å². The van der Waals surface area contributed by atoms with Crippen LogP contribution in [0, 0.1) is 35.0 Å². The lowest BCUT2D eigenvalue weighted by atomic mass is 10.1. The number of hydrogen-bond acceptors (Lipinski definition) is 4. The first kappa shape index (κ1) is 15.2. The quantitative estimate of drug-likeness (QED) is 0.546. The van der Waals surface area contributed by atoms with Crippen LogP contribution >= 0.6 is 0 Å². The van der Waals surface area contributed by atoms with Crippen LogP contribution in [0.15, 0.2) is 36.8 Å². The molecule has 3 aromatic heterocycles. The lowest BCUT2D eigenvalue weighted by Gasteiger charge is -2.09. The molecule has 122 valence electrons. The average molecular weight is 332 g/mol. The van der Waals surface area contributed by atoms with E-state index in [0.29, 0.717) is 33.9 Å². The summed E-state index contributed by atoms with van der Waals surface area (Å²) in [5, 5.41) is 13.5. The summed E-state index contributed by atoms with van der Waals surface area (Å²) in [6.45, 7) is 0.287. The van der Waals surface area contributed by atoms with Crippen LogP contribution in [0.1, 0.15) is 18.4 Å². The van der Waals surface area contributed by atoms with Gasteiger partial charge in [-0.2, -0.15) is 14.8 Å². The SMILES string of the molecule is N#Cc1cnn2cc(OCC#CC3CC3)cc(-c3ccc(F)nc3)c12. The van der Waals surface area contributed by atoms with Crippen LogP contribution in [0.4, 0.5) is 4.39 Å². The zero-order chi connectivity index (χ0) is 17.2. The highest BCUT2D eigenvalue weighted by atomic mass is 19.1. The highest BCUT2D eigenvalue weighted by Gasteiger charge is 2.17. The van der Waals surface area contributed by atoms with Gasteiger partial charge in [-0.15, -0.1) is 0 Å². The molecule has 3 aromatic rings. The Morgan fingerprint density at radius 1 is 1.32 bits per heavy atom. The summed E-state index contributed by atoms with van der Waals surface area (Å²) >= 11 is 0. The molecule has 0 saturated heterocycles. The van der Waals surface area contributed by atoms with Crippen molar-refractivity contribution in [3.63, 3.8) is 0 Å².